The molecular weight excluding hydrogens is 290 g/mol. The van der Waals surface area contributed by atoms with Gasteiger partial charge >= 0.3 is 0 Å². The van der Waals surface area contributed by atoms with Crippen LogP contribution >= 0.6 is 0 Å². The quantitative estimate of drug-likeness (QED) is 0.578. The van der Waals surface area contributed by atoms with Gasteiger partial charge in [0.2, 0.25) is 0 Å². The van der Waals surface area contributed by atoms with Gasteiger partial charge in [-0.2, -0.15) is 0 Å². The van der Waals surface area contributed by atoms with Crippen LogP contribution in [0.15, 0.2) is 54.6 Å². The summed E-state index contributed by atoms with van der Waals surface area (Å²) in [4.78, 5) is 11.9. The molecule has 2 aromatic rings. The predicted molar refractivity (Wildman–Crippen MR) is 91.2 cm³/mol. The van der Waals surface area contributed by atoms with E-state index in [1.807, 2.05) is 30.3 Å². The normalized spacial score (nSPS) is 10.6. The van der Waals surface area contributed by atoms with Crippen LogP contribution in [-0.4, -0.2) is 23.7 Å². The third kappa shape index (κ3) is 5.79. The number of hydrogen-bond acceptors (Lipinski definition) is 4. The Kier molecular flexibility index (Phi) is 6.12. The predicted octanol–water partition coefficient (Wildman–Crippen LogP) is 3.64. The number of carbonyl (C=O) groups excluding carboxylic acids is 1. The number of ketones is 1. The molecule has 0 radical (unpaired) electrons. The summed E-state index contributed by atoms with van der Waals surface area (Å²) in [6.07, 6.45) is 5.46. The fourth-order valence-corrected chi connectivity index (χ4v) is 2.10. The molecule has 0 heterocycles. The van der Waals surface area contributed by atoms with Crippen molar-refractivity contribution in [1.82, 2.24) is 0 Å². The zero-order valence-corrected chi connectivity index (χ0v) is 12.7. The number of nitrogens with one attached hydrogen (secondary N) is 1. The van der Waals surface area contributed by atoms with E-state index in [0.717, 1.165) is 11.1 Å². The van der Waals surface area contributed by atoms with E-state index in [9.17, 15) is 9.90 Å². The van der Waals surface area contributed by atoms with Gasteiger partial charge in [0.1, 0.15) is 18.1 Å². The number of benzene rings is 2. The molecule has 0 aromatic heterocycles. The Morgan fingerprint density at radius 1 is 1.17 bits per heavy atom. The van der Waals surface area contributed by atoms with Crippen LogP contribution in [0.25, 0.3) is 6.08 Å². The Hall–Kier alpha value is -2.88. The molecule has 4 nitrogen and oxygen atoms in total. The maximum atomic E-state index is 11.9. The van der Waals surface area contributed by atoms with Gasteiger partial charge in [0.15, 0.2) is 5.78 Å². The van der Waals surface area contributed by atoms with Crippen LogP contribution in [0.5, 0.6) is 11.5 Å². The van der Waals surface area contributed by atoms with Crippen LogP contribution in [0.4, 0.5) is 0 Å². The standard InChI is InChI=1S/C19H19NO3/c20-11-12-23-19-6-2-4-16(14-19)8-10-17(21)9-7-15-3-1-5-18(22)13-15/h1-7,9,11,13-14,20,22H,8,10,12H2/b9-7+,20-11?. The van der Waals surface area contributed by atoms with E-state index >= 15 is 0 Å². The van der Waals surface area contributed by atoms with Crippen molar-refractivity contribution in [2.45, 2.75) is 12.8 Å². The third-order valence-electron chi connectivity index (χ3n) is 3.22. The Labute approximate surface area is 135 Å². The largest absolute Gasteiger partial charge is 0.508 e. The average Bonchev–Trinajstić information content (AvgIpc) is 2.57. The zero-order valence-electron chi connectivity index (χ0n) is 12.7. The Balaban J connectivity index is 1.87. The smallest absolute Gasteiger partial charge is 0.156 e. The molecule has 0 unspecified atom stereocenters. The lowest BCUT2D eigenvalue weighted by atomic mass is 10.1. The molecule has 0 amide bonds. The van der Waals surface area contributed by atoms with Crippen molar-refractivity contribution < 1.29 is 14.6 Å². The fourth-order valence-electron chi connectivity index (χ4n) is 2.10. The molecule has 0 atom stereocenters. The Morgan fingerprint density at radius 2 is 2.00 bits per heavy atom. The maximum Gasteiger partial charge on any atom is 0.156 e. The molecule has 0 aliphatic heterocycles. The number of ether oxygens (including phenoxy) is 1. The minimum absolute atomic E-state index is 0.0270. The molecule has 2 N–H and O–H groups in total. The van der Waals surface area contributed by atoms with E-state index in [1.54, 1.807) is 24.3 Å². The summed E-state index contributed by atoms with van der Waals surface area (Å²) in [6.45, 7) is 0.245. The van der Waals surface area contributed by atoms with Gasteiger partial charge in [-0.3, -0.25) is 4.79 Å². The van der Waals surface area contributed by atoms with Crippen molar-refractivity contribution in [3.63, 3.8) is 0 Å². The van der Waals surface area contributed by atoms with E-state index in [-0.39, 0.29) is 18.1 Å². The summed E-state index contributed by atoms with van der Waals surface area (Å²) >= 11 is 0. The van der Waals surface area contributed by atoms with Crippen LogP contribution in [0.2, 0.25) is 0 Å². The van der Waals surface area contributed by atoms with Gasteiger partial charge < -0.3 is 15.3 Å². The summed E-state index contributed by atoms with van der Waals surface area (Å²) < 4.78 is 5.35. The van der Waals surface area contributed by atoms with Crippen LogP contribution in [0, 0.1) is 5.41 Å². The highest BCUT2D eigenvalue weighted by Crippen LogP contribution is 2.15. The second-order valence-electron chi connectivity index (χ2n) is 5.06. The molecule has 0 aliphatic rings. The minimum Gasteiger partial charge on any atom is -0.508 e. The lowest BCUT2D eigenvalue weighted by molar-refractivity contribution is -0.114. The lowest BCUT2D eigenvalue weighted by Crippen LogP contribution is -1.99. The molecule has 0 bridgehead atoms. The number of rotatable bonds is 8. The summed E-state index contributed by atoms with van der Waals surface area (Å²) in [7, 11) is 0. The lowest BCUT2D eigenvalue weighted by Gasteiger charge is -2.05. The van der Waals surface area contributed by atoms with Gasteiger partial charge in [0.05, 0.1) is 0 Å². The summed E-state index contributed by atoms with van der Waals surface area (Å²) in [5, 5.41) is 16.3. The van der Waals surface area contributed by atoms with Crippen molar-refractivity contribution >= 4 is 18.1 Å². The van der Waals surface area contributed by atoms with E-state index in [0.29, 0.717) is 18.6 Å². The first-order chi connectivity index (χ1) is 11.2. The number of phenols is 1. The van der Waals surface area contributed by atoms with Gasteiger partial charge in [-0.25, -0.2) is 0 Å². The van der Waals surface area contributed by atoms with Gasteiger partial charge in [-0.15, -0.1) is 0 Å². The van der Waals surface area contributed by atoms with Gasteiger partial charge in [-0.1, -0.05) is 30.3 Å². The maximum absolute atomic E-state index is 11.9. The van der Waals surface area contributed by atoms with Gasteiger partial charge in [-0.05, 0) is 47.9 Å². The monoisotopic (exact) mass is 309 g/mol. The summed E-state index contributed by atoms with van der Waals surface area (Å²) in [5.41, 5.74) is 1.81. The summed E-state index contributed by atoms with van der Waals surface area (Å²) in [6, 6.07) is 14.3. The second kappa shape index (κ2) is 8.54. The van der Waals surface area contributed by atoms with Gasteiger partial charge in [0, 0.05) is 12.6 Å². The van der Waals surface area contributed by atoms with Crippen LogP contribution in [0.3, 0.4) is 0 Å². The molecule has 0 saturated heterocycles. The number of phenolic OH excluding ortho intramolecular Hbond substituents is 1. The first-order valence-electron chi connectivity index (χ1n) is 7.38. The fraction of sp³-hybridized carbons (Fsp3) is 0.158. The highest BCUT2D eigenvalue weighted by molar-refractivity contribution is 5.93. The minimum atomic E-state index is 0.0270. The Bertz CT molecular complexity index is 707. The molecule has 118 valence electrons. The van der Waals surface area contributed by atoms with Crippen molar-refractivity contribution in [2.24, 2.45) is 0 Å². The highest BCUT2D eigenvalue weighted by atomic mass is 16.5. The van der Waals surface area contributed by atoms with E-state index < -0.39 is 0 Å². The molecule has 0 fully saturated rings. The second-order valence-corrected chi connectivity index (χ2v) is 5.06. The van der Waals surface area contributed by atoms with Crippen LogP contribution < -0.4 is 4.74 Å². The van der Waals surface area contributed by atoms with Gasteiger partial charge in [0.25, 0.3) is 0 Å². The van der Waals surface area contributed by atoms with Crippen molar-refractivity contribution in [1.29, 1.82) is 5.41 Å². The third-order valence-corrected chi connectivity index (χ3v) is 3.22. The topological polar surface area (TPSA) is 70.4 Å². The van der Waals surface area contributed by atoms with Crippen LogP contribution in [0.1, 0.15) is 17.5 Å². The Morgan fingerprint density at radius 3 is 2.78 bits per heavy atom. The molecule has 2 aromatic carbocycles. The average molecular weight is 309 g/mol. The van der Waals surface area contributed by atoms with Crippen molar-refractivity contribution in [3.8, 4) is 11.5 Å². The SMILES string of the molecule is N=CCOc1cccc(CCC(=O)/C=C/c2cccc(O)c2)c1. The van der Waals surface area contributed by atoms with E-state index in [2.05, 4.69) is 0 Å². The number of carbonyl (C=O) groups is 1. The molecule has 0 saturated carbocycles. The number of aromatic hydroxyl groups is 1. The summed E-state index contributed by atoms with van der Waals surface area (Å²) in [5.74, 6) is 0.911. The number of hydrogen-bond donors (Lipinski definition) is 2. The van der Waals surface area contributed by atoms with E-state index in [1.165, 1.54) is 12.3 Å². The molecule has 23 heavy (non-hydrogen) atoms. The zero-order chi connectivity index (χ0) is 16.5. The molecule has 0 spiro atoms. The van der Waals surface area contributed by atoms with E-state index in [4.69, 9.17) is 10.1 Å². The molecule has 0 aliphatic carbocycles. The molecule has 2 rings (SSSR count). The van der Waals surface area contributed by atoms with Crippen LogP contribution in [-0.2, 0) is 11.2 Å². The first kappa shape index (κ1) is 16.5. The molecular formula is C19H19NO3. The molecule has 4 heteroatoms. The number of allylic oxidation sites excluding steroid dienone is 1. The number of aryl methyl sites for hydroxylation is 1. The first-order valence-corrected chi connectivity index (χ1v) is 7.38. The van der Waals surface area contributed by atoms with Crippen molar-refractivity contribution in [3.05, 3.63) is 65.7 Å². The highest BCUT2D eigenvalue weighted by Gasteiger charge is 2.01. The van der Waals surface area contributed by atoms with Crippen molar-refractivity contribution in [2.75, 3.05) is 6.61 Å².